The average molecular weight is 177 g/mol. The van der Waals surface area contributed by atoms with Crippen molar-refractivity contribution in [2.24, 2.45) is 0 Å². The van der Waals surface area contributed by atoms with Crippen LogP contribution in [0.25, 0.3) is 0 Å². The standard InChI is InChI=1S/C7H17NO2.C2H6/c1-6(9)7(2,10)5-8(3)4;1-2/h6,9-10H,5H2,1-4H3;1-2H3. The lowest BCUT2D eigenvalue weighted by atomic mass is 10.0. The zero-order valence-electron chi connectivity index (χ0n) is 9.13. The summed E-state index contributed by atoms with van der Waals surface area (Å²) in [5, 5.41) is 18.5. The molecule has 3 heteroatoms. The Morgan fingerprint density at radius 3 is 1.75 bits per heavy atom. The van der Waals surface area contributed by atoms with Crippen molar-refractivity contribution >= 4 is 0 Å². The van der Waals surface area contributed by atoms with E-state index in [0.717, 1.165) is 0 Å². The molecule has 0 aliphatic heterocycles. The topological polar surface area (TPSA) is 43.7 Å². The van der Waals surface area contributed by atoms with Crippen LogP contribution in [0.4, 0.5) is 0 Å². The number of hydrogen-bond acceptors (Lipinski definition) is 3. The number of hydrogen-bond donors (Lipinski definition) is 2. The first-order valence-electron chi connectivity index (χ1n) is 4.41. The minimum absolute atomic E-state index is 0.477. The van der Waals surface area contributed by atoms with E-state index in [1.165, 1.54) is 0 Å². The number of aliphatic hydroxyl groups excluding tert-OH is 1. The van der Waals surface area contributed by atoms with E-state index < -0.39 is 11.7 Å². The average Bonchev–Trinajstić information content (AvgIpc) is 1.89. The molecule has 0 fully saturated rings. The highest BCUT2D eigenvalue weighted by Crippen LogP contribution is 2.09. The van der Waals surface area contributed by atoms with Gasteiger partial charge in [-0.05, 0) is 27.9 Å². The van der Waals surface area contributed by atoms with Gasteiger partial charge in [0.1, 0.15) is 0 Å². The van der Waals surface area contributed by atoms with Gasteiger partial charge >= 0.3 is 0 Å². The van der Waals surface area contributed by atoms with Crippen LogP contribution >= 0.6 is 0 Å². The van der Waals surface area contributed by atoms with Gasteiger partial charge in [-0.25, -0.2) is 0 Å². The van der Waals surface area contributed by atoms with Crippen LogP contribution in [-0.4, -0.2) is 47.5 Å². The third-order valence-electron chi connectivity index (χ3n) is 1.54. The Balaban J connectivity index is 0. The van der Waals surface area contributed by atoms with E-state index in [9.17, 15) is 5.11 Å². The molecule has 0 aromatic carbocycles. The smallest absolute Gasteiger partial charge is 0.1000 e. The molecule has 0 radical (unpaired) electrons. The summed E-state index contributed by atoms with van der Waals surface area (Å²) in [6.07, 6.45) is -0.685. The molecule has 2 unspecified atom stereocenters. The summed E-state index contributed by atoms with van der Waals surface area (Å²) in [7, 11) is 3.72. The molecule has 0 saturated carbocycles. The van der Waals surface area contributed by atoms with Gasteiger partial charge in [0.15, 0.2) is 0 Å². The second-order valence-electron chi connectivity index (χ2n) is 3.27. The van der Waals surface area contributed by atoms with Crippen LogP contribution in [0, 0.1) is 0 Å². The van der Waals surface area contributed by atoms with E-state index in [0.29, 0.717) is 6.54 Å². The monoisotopic (exact) mass is 177 g/mol. The Kier molecular flexibility index (Phi) is 7.69. The van der Waals surface area contributed by atoms with Crippen LogP contribution in [0.5, 0.6) is 0 Å². The van der Waals surface area contributed by atoms with Gasteiger partial charge in [-0.3, -0.25) is 0 Å². The maximum atomic E-state index is 9.47. The Morgan fingerprint density at radius 2 is 1.67 bits per heavy atom. The van der Waals surface area contributed by atoms with Gasteiger partial charge in [-0.1, -0.05) is 13.8 Å². The number of likely N-dealkylation sites (N-methyl/N-ethyl adjacent to an activating group) is 1. The predicted octanol–water partition coefficient (Wildman–Crippen LogP) is 0.706. The molecule has 12 heavy (non-hydrogen) atoms. The lowest BCUT2D eigenvalue weighted by Gasteiger charge is -2.29. The van der Waals surface area contributed by atoms with Gasteiger partial charge in [-0.2, -0.15) is 0 Å². The molecule has 0 aliphatic carbocycles. The number of rotatable bonds is 3. The van der Waals surface area contributed by atoms with E-state index in [1.807, 2.05) is 32.8 Å². The van der Waals surface area contributed by atoms with Crippen molar-refractivity contribution in [3.05, 3.63) is 0 Å². The molecule has 0 spiro atoms. The quantitative estimate of drug-likeness (QED) is 0.667. The van der Waals surface area contributed by atoms with Gasteiger partial charge in [0, 0.05) is 6.54 Å². The fourth-order valence-electron chi connectivity index (χ4n) is 0.772. The minimum Gasteiger partial charge on any atom is -0.390 e. The zero-order chi connectivity index (χ0) is 10.4. The summed E-state index contributed by atoms with van der Waals surface area (Å²) >= 11 is 0. The molecule has 3 nitrogen and oxygen atoms in total. The van der Waals surface area contributed by atoms with Crippen LogP contribution in [0.3, 0.4) is 0 Å². The van der Waals surface area contributed by atoms with Crippen LogP contribution in [-0.2, 0) is 0 Å². The zero-order valence-corrected chi connectivity index (χ0v) is 9.13. The molecule has 0 aromatic rings. The highest BCUT2D eigenvalue weighted by atomic mass is 16.3. The number of aliphatic hydroxyl groups is 2. The van der Waals surface area contributed by atoms with E-state index in [4.69, 9.17) is 5.11 Å². The molecular formula is C9H23NO2. The van der Waals surface area contributed by atoms with Gasteiger partial charge in [0.25, 0.3) is 0 Å². The first-order chi connectivity index (χ1) is 5.36. The molecule has 2 atom stereocenters. The van der Waals surface area contributed by atoms with Crippen molar-refractivity contribution in [2.75, 3.05) is 20.6 Å². The maximum Gasteiger partial charge on any atom is 0.1000 e. The third-order valence-corrected chi connectivity index (χ3v) is 1.54. The van der Waals surface area contributed by atoms with Gasteiger partial charge in [-0.15, -0.1) is 0 Å². The van der Waals surface area contributed by atoms with Crippen molar-refractivity contribution in [2.45, 2.75) is 39.4 Å². The van der Waals surface area contributed by atoms with Crippen molar-refractivity contribution in [1.29, 1.82) is 0 Å². The highest BCUT2D eigenvalue weighted by molar-refractivity contribution is 4.80. The van der Waals surface area contributed by atoms with E-state index in [2.05, 4.69) is 0 Å². The van der Waals surface area contributed by atoms with E-state index in [1.54, 1.807) is 13.8 Å². The van der Waals surface area contributed by atoms with Crippen LogP contribution < -0.4 is 0 Å². The van der Waals surface area contributed by atoms with Crippen molar-refractivity contribution in [3.63, 3.8) is 0 Å². The molecule has 0 aromatic heterocycles. The second kappa shape index (κ2) is 6.40. The van der Waals surface area contributed by atoms with Crippen LogP contribution in [0.15, 0.2) is 0 Å². The molecule has 0 heterocycles. The normalized spacial score (nSPS) is 17.8. The Labute approximate surface area is 76.0 Å². The molecule has 2 N–H and O–H groups in total. The van der Waals surface area contributed by atoms with Crippen LogP contribution in [0.2, 0.25) is 0 Å². The fourth-order valence-corrected chi connectivity index (χ4v) is 0.772. The Morgan fingerprint density at radius 1 is 1.33 bits per heavy atom. The predicted molar refractivity (Wildman–Crippen MR) is 52.2 cm³/mol. The highest BCUT2D eigenvalue weighted by Gasteiger charge is 2.26. The molecule has 76 valence electrons. The van der Waals surface area contributed by atoms with Crippen LogP contribution in [0.1, 0.15) is 27.7 Å². The third kappa shape index (κ3) is 6.58. The van der Waals surface area contributed by atoms with Gasteiger partial charge in [0.05, 0.1) is 11.7 Å². The molecule has 0 amide bonds. The minimum atomic E-state index is -0.997. The summed E-state index contributed by atoms with van der Waals surface area (Å²) < 4.78 is 0. The summed E-state index contributed by atoms with van der Waals surface area (Å²) in [5.41, 5.74) is -0.997. The molecular weight excluding hydrogens is 154 g/mol. The largest absolute Gasteiger partial charge is 0.390 e. The number of nitrogens with zero attached hydrogens (tertiary/aromatic N) is 1. The first kappa shape index (κ1) is 14.4. The van der Waals surface area contributed by atoms with Crippen molar-refractivity contribution < 1.29 is 10.2 Å². The lowest BCUT2D eigenvalue weighted by molar-refractivity contribution is -0.0649. The summed E-state index contributed by atoms with van der Waals surface area (Å²) in [4.78, 5) is 1.84. The summed E-state index contributed by atoms with van der Waals surface area (Å²) in [5.74, 6) is 0. The second-order valence-corrected chi connectivity index (χ2v) is 3.27. The van der Waals surface area contributed by atoms with E-state index in [-0.39, 0.29) is 0 Å². The molecule has 0 rings (SSSR count). The molecule has 0 bridgehead atoms. The fraction of sp³-hybridized carbons (Fsp3) is 1.00. The first-order valence-corrected chi connectivity index (χ1v) is 4.41. The molecule has 0 saturated heterocycles. The van der Waals surface area contributed by atoms with Crippen molar-refractivity contribution in [1.82, 2.24) is 4.90 Å². The molecule has 0 aliphatic rings. The summed E-state index contributed by atoms with van der Waals surface area (Å²) in [6.45, 7) is 7.69. The Bertz CT molecular complexity index is 101. The SMILES string of the molecule is CC.CC(O)C(C)(O)CN(C)C. The van der Waals surface area contributed by atoms with E-state index >= 15 is 0 Å². The summed E-state index contributed by atoms with van der Waals surface area (Å²) in [6, 6.07) is 0. The maximum absolute atomic E-state index is 9.47. The van der Waals surface area contributed by atoms with Crippen molar-refractivity contribution in [3.8, 4) is 0 Å². The van der Waals surface area contributed by atoms with Gasteiger partial charge < -0.3 is 15.1 Å². The lowest BCUT2D eigenvalue weighted by Crippen LogP contribution is -2.45. The Hall–Kier alpha value is -0.120. The van der Waals surface area contributed by atoms with Gasteiger partial charge in [0.2, 0.25) is 0 Å².